The van der Waals surface area contributed by atoms with Gasteiger partial charge in [0.15, 0.2) is 0 Å². The van der Waals surface area contributed by atoms with Gasteiger partial charge in [0.1, 0.15) is 5.69 Å². The third kappa shape index (κ3) is 3.42. The van der Waals surface area contributed by atoms with Gasteiger partial charge in [0.2, 0.25) is 0 Å². The van der Waals surface area contributed by atoms with Crippen LogP contribution in [0.15, 0.2) is 18.3 Å². The van der Waals surface area contributed by atoms with Gasteiger partial charge in [-0.15, -0.1) is 0 Å². The summed E-state index contributed by atoms with van der Waals surface area (Å²) in [7, 11) is 0. The molecule has 1 unspecified atom stereocenters. The number of piperidine rings is 1. The highest BCUT2D eigenvalue weighted by atomic mass is 16.5. The van der Waals surface area contributed by atoms with Crippen LogP contribution in [0.1, 0.15) is 30.3 Å². The topological polar surface area (TPSA) is 80.5 Å². The molecule has 1 aromatic rings. The Kier molecular flexibility index (Phi) is 4.70. The molecule has 0 spiro atoms. The van der Waals surface area contributed by atoms with Crippen LogP contribution in [0.4, 0.5) is 5.69 Å². The zero-order chi connectivity index (χ0) is 13.7. The van der Waals surface area contributed by atoms with Crippen LogP contribution in [-0.4, -0.2) is 41.6 Å². The number of nitrogens with one attached hydrogen (secondary N) is 1. The van der Waals surface area contributed by atoms with Gasteiger partial charge in [-0.3, -0.25) is 15.6 Å². The minimum absolute atomic E-state index is 0.0681. The van der Waals surface area contributed by atoms with Gasteiger partial charge >= 0.3 is 0 Å². The number of carbonyl (C=O) groups excluding carboxylic acids is 1. The molecule has 1 fully saturated rings. The van der Waals surface area contributed by atoms with Crippen molar-refractivity contribution in [1.82, 2.24) is 9.88 Å². The summed E-state index contributed by atoms with van der Waals surface area (Å²) in [5, 5.41) is 0. The molecule has 0 aromatic carbocycles. The molecule has 0 saturated carbocycles. The summed E-state index contributed by atoms with van der Waals surface area (Å²) < 4.78 is 5.60. The Hall–Kier alpha value is -1.66. The minimum Gasteiger partial charge on any atom is -0.377 e. The number of pyridine rings is 1. The average molecular weight is 264 g/mol. The molecule has 0 radical (unpaired) electrons. The highest BCUT2D eigenvalue weighted by molar-refractivity contribution is 5.93. The minimum atomic E-state index is -0.0681. The van der Waals surface area contributed by atoms with Gasteiger partial charge in [-0.1, -0.05) is 0 Å². The lowest BCUT2D eigenvalue weighted by molar-refractivity contribution is 0.00703. The van der Waals surface area contributed by atoms with Crippen molar-refractivity contribution in [1.29, 1.82) is 0 Å². The zero-order valence-corrected chi connectivity index (χ0v) is 11.1. The molecule has 1 aromatic heterocycles. The first-order chi connectivity index (χ1) is 9.24. The number of nitrogens with two attached hydrogens (primary N) is 1. The Labute approximate surface area is 112 Å². The summed E-state index contributed by atoms with van der Waals surface area (Å²) in [5.74, 6) is 5.27. The number of aromatic nitrogens is 1. The van der Waals surface area contributed by atoms with E-state index in [-0.39, 0.29) is 12.0 Å². The maximum Gasteiger partial charge on any atom is 0.272 e. The van der Waals surface area contributed by atoms with E-state index in [9.17, 15) is 4.79 Å². The molecule has 0 bridgehead atoms. The van der Waals surface area contributed by atoms with Crippen molar-refractivity contribution in [3.05, 3.63) is 24.0 Å². The smallest absolute Gasteiger partial charge is 0.272 e. The second kappa shape index (κ2) is 6.49. The lowest BCUT2D eigenvalue weighted by Gasteiger charge is -2.32. The summed E-state index contributed by atoms with van der Waals surface area (Å²) >= 11 is 0. The van der Waals surface area contributed by atoms with E-state index in [0.717, 1.165) is 19.4 Å². The molecule has 1 atom stereocenters. The third-order valence-corrected chi connectivity index (χ3v) is 3.21. The van der Waals surface area contributed by atoms with Gasteiger partial charge in [0.05, 0.1) is 11.8 Å². The highest BCUT2D eigenvalue weighted by Gasteiger charge is 2.25. The van der Waals surface area contributed by atoms with E-state index in [1.807, 2.05) is 6.92 Å². The zero-order valence-electron chi connectivity index (χ0n) is 11.1. The van der Waals surface area contributed by atoms with Crippen LogP contribution < -0.4 is 11.3 Å². The Bertz CT molecular complexity index is 436. The van der Waals surface area contributed by atoms with Gasteiger partial charge in [0.25, 0.3) is 5.91 Å². The highest BCUT2D eigenvalue weighted by Crippen LogP contribution is 2.16. The average Bonchev–Trinajstić information content (AvgIpc) is 2.47. The maximum absolute atomic E-state index is 12.4. The molecule has 1 saturated heterocycles. The van der Waals surface area contributed by atoms with E-state index in [2.05, 4.69) is 10.4 Å². The monoisotopic (exact) mass is 264 g/mol. The fraction of sp³-hybridized carbons (Fsp3) is 0.538. The number of likely N-dealkylation sites (tertiary alicyclic amines) is 1. The molecule has 0 aliphatic carbocycles. The molecule has 104 valence electrons. The second-order valence-corrected chi connectivity index (χ2v) is 4.54. The summed E-state index contributed by atoms with van der Waals surface area (Å²) in [4.78, 5) is 18.3. The molecule has 6 nitrogen and oxygen atoms in total. The van der Waals surface area contributed by atoms with Crippen molar-refractivity contribution in [2.45, 2.75) is 25.9 Å². The Balaban J connectivity index is 2.05. The van der Waals surface area contributed by atoms with Crippen molar-refractivity contribution in [3.63, 3.8) is 0 Å². The first-order valence-corrected chi connectivity index (χ1v) is 6.58. The Morgan fingerprint density at radius 3 is 3.26 bits per heavy atom. The largest absolute Gasteiger partial charge is 0.377 e. The summed E-state index contributed by atoms with van der Waals surface area (Å²) in [6.45, 7) is 4.04. The molecule has 2 heterocycles. The molecule has 2 rings (SSSR count). The number of amides is 1. The molecular weight excluding hydrogens is 244 g/mol. The molecule has 19 heavy (non-hydrogen) atoms. The number of anilines is 1. The summed E-state index contributed by atoms with van der Waals surface area (Å²) in [6.07, 6.45) is 3.69. The van der Waals surface area contributed by atoms with Gasteiger partial charge in [-0.2, -0.15) is 0 Å². The van der Waals surface area contributed by atoms with Crippen LogP contribution >= 0.6 is 0 Å². The van der Waals surface area contributed by atoms with E-state index in [4.69, 9.17) is 10.6 Å². The summed E-state index contributed by atoms with van der Waals surface area (Å²) in [5.41, 5.74) is 3.61. The van der Waals surface area contributed by atoms with Crippen LogP contribution in [0.25, 0.3) is 0 Å². The van der Waals surface area contributed by atoms with Gasteiger partial charge < -0.3 is 15.1 Å². The Morgan fingerprint density at radius 2 is 2.53 bits per heavy atom. The fourth-order valence-corrected chi connectivity index (χ4v) is 2.29. The van der Waals surface area contributed by atoms with E-state index in [1.54, 1.807) is 23.2 Å². The van der Waals surface area contributed by atoms with Crippen molar-refractivity contribution >= 4 is 11.6 Å². The van der Waals surface area contributed by atoms with E-state index >= 15 is 0 Å². The predicted octanol–water partition coefficient (Wildman–Crippen LogP) is 1.01. The van der Waals surface area contributed by atoms with Crippen molar-refractivity contribution in [2.24, 2.45) is 5.84 Å². The second-order valence-electron chi connectivity index (χ2n) is 4.54. The molecular formula is C13H20N4O2. The van der Waals surface area contributed by atoms with Crippen molar-refractivity contribution in [3.8, 4) is 0 Å². The van der Waals surface area contributed by atoms with Crippen LogP contribution in [0.3, 0.4) is 0 Å². The number of hydrazine groups is 1. The van der Waals surface area contributed by atoms with Crippen molar-refractivity contribution in [2.75, 3.05) is 25.1 Å². The number of nitrogens with zero attached hydrogens (tertiary/aromatic N) is 2. The number of nitrogen functional groups attached to an aromatic ring is 1. The van der Waals surface area contributed by atoms with E-state index < -0.39 is 0 Å². The number of ether oxygens (including phenoxy) is 1. The quantitative estimate of drug-likeness (QED) is 0.626. The SMILES string of the molecule is CCOC1CCCN(C(=O)c2cc(NN)ccn2)C1. The molecule has 1 aliphatic rings. The van der Waals surface area contributed by atoms with Gasteiger partial charge in [-0.25, -0.2) is 0 Å². The van der Waals surface area contributed by atoms with E-state index in [1.165, 1.54) is 0 Å². The maximum atomic E-state index is 12.4. The lowest BCUT2D eigenvalue weighted by Crippen LogP contribution is -2.43. The van der Waals surface area contributed by atoms with Crippen LogP contribution in [0.2, 0.25) is 0 Å². The number of carbonyl (C=O) groups is 1. The van der Waals surface area contributed by atoms with Crippen LogP contribution in [0.5, 0.6) is 0 Å². The standard InChI is InChI=1S/C13H20N4O2/c1-2-19-11-4-3-7-17(9-11)13(18)12-8-10(16-14)5-6-15-12/h5-6,8,11H,2-4,7,9,14H2,1H3,(H,15,16). The Morgan fingerprint density at radius 1 is 1.68 bits per heavy atom. The number of hydrogen-bond donors (Lipinski definition) is 2. The molecule has 6 heteroatoms. The molecule has 3 N–H and O–H groups in total. The predicted molar refractivity (Wildman–Crippen MR) is 72.6 cm³/mol. The normalized spacial score (nSPS) is 19.3. The van der Waals surface area contributed by atoms with Crippen molar-refractivity contribution < 1.29 is 9.53 Å². The van der Waals surface area contributed by atoms with E-state index in [0.29, 0.717) is 24.5 Å². The lowest BCUT2D eigenvalue weighted by atomic mass is 10.1. The van der Waals surface area contributed by atoms with Gasteiger partial charge in [0, 0.05) is 25.9 Å². The first-order valence-electron chi connectivity index (χ1n) is 6.58. The van der Waals surface area contributed by atoms with Crippen LogP contribution in [0, 0.1) is 0 Å². The fourth-order valence-electron chi connectivity index (χ4n) is 2.29. The molecule has 1 aliphatic heterocycles. The third-order valence-electron chi connectivity index (χ3n) is 3.21. The van der Waals surface area contributed by atoms with Gasteiger partial charge in [-0.05, 0) is 31.9 Å². The molecule has 1 amide bonds. The number of hydrogen-bond acceptors (Lipinski definition) is 5. The van der Waals surface area contributed by atoms with Crippen LogP contribution in [-0.2, 0) is 4.74 Å². The number of rotatable bonds is 4. The summed E-state index contributed by atoms with van der Waals surface area (Å²) in [6, 6.07) is 3.38. The first kappa shape index (κ1) is 13.8.